The van der Waals surface area contributed by atoms with E-state index >= 15 is 0 Å². The van der Waals surface area contributed by atoms with Crippen molar-refractivity contribution in [2.24, 2.45) is 5.92 Å². The molecule has 1 saturated heterocycles. The number of rotatable bonds is 7. The van der Waals surface area contributed by atoms with Crippen LogP contribution in [-0.4, -0.2) is 55.7 Å². The molecule has 1 aliphatic rings. The van der Waals surface area contributed by atoms with Crippen molar-refractivity contribution in [1.82, 2.24) is 14.6 Å². The van der Waals surface area contributed by atoms with E-state index in [1.54, 1.807) is 0 Å². The first-order valence-corrected chi connectivity index (χ1v) is 12.7. The average Bonchev–Trinajstić information content (AvgIpc) is 3.04. The van der Waals surface area contributed by atoms with Crippen LogP contribution in [0.25, 0.3) is 0 Å². The molecular weight excluding hydrogens is 466 g/mol. The van der Waals surface area contributed by atoms with Crippen molar-refractivity contribution < 1.29 is 22.8 Å². The second kappa shape index (κ2) is 10.4. The number of hydrogen-bond donors (Lipinski definition) is 3. The fraction of sp³-hybridized carbons (Fsp3) is 0.429. The van der Waals surface area contributed by atoms with Crippen LogP contribution in [0.1, 0.15) is 30.3 Å². The second-order valence-corrected chi connectivity index (χ2v) is 10.8. The van der Waals surface area contributed by atoms with E-state index in [1.165, 1.54) is 35.6 Å². The maximum absolute atomic E-state index is 12.7. The number of benzene rings is 1. The number of piperidine rings is 1. The Kier molecular flexibility index (Phi) is 7.82. The van der Waals surface area contributed by atoms with E-state index in [1.807, 2.05) is 23.5 Å². The van der Waals surface area contributed by atoms with Crippen molar-refractivity contribution >= 4 is 49.9 Å². The first-order chi connectivity index (χ1) is 15.5. The molecule has 3 rings (SSSR count). The number of nitrogens with zero attached hydrogens (tertiary/aromatic N) is 2. The molecule has 0 bridgehead atoms. The predicted molar refractivity (Wildman–Crippen MR) is 125 cm³/mol. The Balaban J connectivity index is 1.54. The molecule has 1 aromatic heterocycles. The molecule has 3 amide bonds. The summed E-state index contributed by atoms with van der Waals surface area (Å²) in [5.41, 5.74) is 1.34. The fourth-order valence-corrected chi connectivity index (χ4v) is 5.33. The SMILES string of the molecule is CC(=O)NS(=O)(=O)c1ccc(NC(=O)C2CCCN(CC(=O)Nc3nc(C)c(C)s3)C2)cc1. The Labute approximate surface area is 196 Å². The summed E-state index contributed by atoms with van der Waals surface area (Å²) >= 11 is 1.43. The Morgan fingerprint density at radius 1 is 1.15 bits per heavy atom. The highest BCUT2D eigenvalue weighted by molar-refractivity contribution is 7.90. The fourth-order valence-electron chi connectivity index (χ4n) is 3.51. The molecule has 1 unspecified atom stereocenters. The maximum Gasteiger partial charge on any atom is 0.264 e. The summed E-state index contributed by atoms with van der Waals surface area (Å²) in [7, 11) is -3.93. The molecule has 10 nitrogen and oxygen atoms in total. The summed E-state index contributed by atoms with van der Waals surface area (Å²) in [5.74, 6) is -1.33. The van der Waals surface area contributed by atoms with Crippen molar-refractivity contribution in [3.8, 4) is 0 Å². The number of anilines is 2. The number of hydrogen-bond acceptors (Lipinski definition) is 8. The summed E-state index contributed by atoms with van der Waals surface area (Å²) in [6.07, 6.45) is 1.48. The van der Waals surface area contributed by atoms with E-state index in [-0.39, 0.29) is 29.2 Å². The molecule has 178 valence electrons. The third-order valence-corrected chi connectivity index (χ3v) is 7.67. The van der Waals surface area contributed by atoms with Crippen LogP contribution in [0, 0.1) is 19.8 Å². The van der Waals surface area contributed by atoms with E-state index in [9.17, 15) is 22.8 Å². The molecule has 2 heterocycles. The van der Waals surface area contributed by atoms with E-state index in [2.05, 4.69) is 15.6 Å². The number of nitrogens with one attached hydrogen (secondary N) is 3. The second-order valence-electron chi connectivity index (χ2n) is 7.96. The molecule has 2 aromatic rings. The zero-order chi connectivity index (χ0) is 24.2. The number of aryl methyl sites for hydroxylation is 2. The molecule has 1 aromatic carbocycles. The van der Waals surface area contributed by atoms with Gasteiger partial charge in [-0.1, -0.05) is 0 Å². The van der Waals surface area contributed by atoms with Gasteiger partial charge in [-0.25, -0.2) is 18.1 Å². The van der Waals surface area contributed by atoms with Gasteiger partial charge in [0.2, 0.25) is 17.7 Å². The minimum Gasteiger partial charge on any atom is -0.326 e. The number of amides is 3. The molecule has 0 aliphatic carbocycles. The van der Waals surface area contributed by atoms with Crippen LogP contribution in [0.2, 0.25) is 0 Å². The highest BCUT2D eigenvalue weighted by Crippen LogP contribution is 2.22. The van der Waals surface area contributed by atoms with Crippen molar-refractivity contribution in [2.45, 2.75) is 38.5 Å². The molecule has 0 radical (unpaired) electrons. The summed E-state index contributed by atoms with van der Waals surface area (Å²) in [6.45, 7) is 6.31. The van der Waals surface area contributed by atoms with Gasteiger partial charge in [0.25, 0.3) is 10.0 Å². The average molecular weight is 494 g/mol. The van der Waals surface area contributed by atoms with Gasteiger partial charge in [-0.05, 0) is 57.5 Å². The van der Waals surface area contributed by atoms with E-state index < -0.39 is 15.9 Å². The lowest BCUT2D eigenvalue weighted by Gasteiger charge is -2.31. The summed E-state index contributed by atoms with van der Waals surface area (Å²) in [6, 6.07) is 5.58. The Hall–Kier alpha value is -2.83. The summed E-state index contributed by atoms with van der Waals surface area (Å²) in [4.78, 5) is 43.4. The zero-order valence-corrected chi connectivity index (χ0v) is 20.3. The normalized spacial score (nSPS) is 16.8. The molecule has 1 atom stereocenters. The predicted octanol–water partition coefficient (Wildman–Crippen LogP) is 1.87. The number of carbonyl (C=O) groups excluding carboxylic acids is 3. The van der Waals surface area contributed by atoms with Crippen molar-refractivity contribution in [3.05, 3.63) is 34.8 Å². The molecule has 0 saturated carbocycles. The van der Waals surface area contributed by atoms with Gasteiger partial charge in [-0.15, -0.1) is 11.3 Å². The molecule has 1 aliphatic heterocycles. The van der Waals surface area contributed by atoms with Crippen molar-refractivity contribution in [3.63, 3.8) is 0 Å². The smallest absolute Gasteiger partial charge is 0.264 e. The lowest BCUT2D eigenvalue weighted by molar-refractivity contribution is -0.123. The van der Waals surface area contributed by atoms with Crippen LogP contribution < -0.4 is 15.4 Å². The number of likely N-dealkylation sites (tertiary alicyclic amines) is 1. The van der Waals surface area contributed by atoms with Crippen molar-refractivity contribution in [2.75, 3.05) is 30.3 Å². The van der Waals surface area contributed by atoms with Gasteiger partial charge in [0.1, 0.15) is 0 Å². The first kappa shape index (κ1) is 24.8. The molecule has 12 heteroatoms. The van der Waals surface area contributed by atoms with Crippen LogP contribution in [0.15, 0.2) is 29.2 Å². The van der Waals surface area contributed by atoms with Crippen LogP contribution >= 0.6 is 11.3 Å². The van der Waals surface area contributed by atoms with Crippen LogP contribution in [0.4, 0.5) is 10.8 Å². The zero-order valence-electron chi connectivity index (χ0n) is 18.7. The largest absolute Gasteiger partial charge is 0.326 e. The van der Waals surface area contributed by atoms with Crippen LogP contribution in [0.5, 0.6) is 0 Å². The lowest BCUT2D eigenvalue weighted by atomic mass is 9.97. The summed E-state index contributed by atoms with van der Waals surface area (Å²) < 4.78 is 25.9. The minimum absolute atomic E-state index is 0.0730. The monoisotopic (exact) mass is 493 g/mol. The van der Waals surface area contributed by atoms with Gasteiger partial charge in [-0.3, -0.25) is 19.3 Å². The first-order valence-electron chi connectivity index (χ1n) is 10.4. The lowest BCUT2D eigenvalue weighted by Crippen LogP contribution is -2.44. The molecule has 1 fully saturated rings. The van der Waals surface area contributed by atoms with E-state index in [0.717, 1.165) is 30.5 Å². The Morgan fingerprint density at radius 2 is 1.85 bits per heavy atom. The topological polar surface area (TPSA) is 138 Å². The van der Waals surface area contributed by atoms with Gasteiger partial charge in [0.15, 0.2) is 5.13 Å². The minimum atomic E-state index is -3.93. The third-order valence-electron chi connectivity index (χ3n) is 5.23. The maximum atomic E-state index is 12.7. The molecular formula is C21H27N5O5S2. The van der Waals surface area contributed by atoms with Crippen LogP contribution in [-0.2, 0) is 24.4 Å². The van der Waals surface area contributed by atoms with Crippen molar-refractivity contribution in [1.29, 1.82) is 0 Å². The number of thiazole rings is 1. The number of carbonyl (C=O) groups is 3. The quantitative estimate of drug-likeness (QED) is 0.535. The van der Waals surface area contributed by atoms with Crippen LogP contribution in [0.3, 0.4) is 0 Å². The molecule has 33 heavy (non-hydrogen) atoms. The Morgan fingerprint density at radius 3 is 2.45 bits per heavy atom. The number of aromatic nitrogens is 1. The highest BCUT2D eigenvalue weighted by atomic mass is 32.2. The standard InChI is InChI=1S/C21H27N5O5S2/c1-13-14(2)32-21(22-13)24-19(28)12-26-10-4-5-16(11-26)20(29)23-17-6-8-18(9-7-17)33(30,31)25-15(3)27/h6-9,16H,4-5,10-12H2,1-3H3,(H,23,29)(H,25,27)(H,22,24,28). The van der Waals surface area contributed by atoms with E-state index in [4.69, 9.17) is 0 Å². The van der Waals surface area contributed by atoms with E-state index in [0.29, 0.717) is 23.8 Å². The van der Waals surface area contributed by atoms with Gasteiger partial charge < -0.3 is 10.6 Å². The number of sulfonamides is 1. The van der Waals surface area contributed by atoms with Gasteiger partial charge >= 0.3 is 0 Å². The highest BCUT2D eigenvalue weighted by Gasteiger charge is 2.27. The van der Waals surface area contributed by atoms with Gasteiger partial charge in [0, 0.05) is 24.0 Å². The van der Waals surface area contributed by atoms with Gasteiger partial charge in [-0.2, -0.15) is 0 Å². The third kappa shape index (κ3) is 6.83. The Bertz CT molecular complexity index is 1120. The molecule has 0 spiro atoms. The molecule has 3 N–H and O–H groups in total. The summed E-state index contributed by atoms with van der Waals surface area (Å²) in [5, 5.41) is 6.19. The van der Waals surface area contributed by atoms with Gasteiger partial charge in [0.05, 0.1) is 23.1 Å².